The molecule has 0 bridgehead atoms. The van der Waals surface area contributed by atoms with Crippen molar-refractivity contribution in [3.05, 3.63) is 28.8 Å². The van der Waals surface area contributed by atoms with E-state index in [4.69, 9.17) is 21.1 Å². The van der Waals surface area contributed by atoms with Crippen molar-refractivity contribution in [3.63, 3.8) is 0 Å². The lowest BCUT2D eigenvalue weighted by Gasteiger charge is -2.33. The number of morpholine rings is 1. The normalized spacial score (nSPS) is 21.0. The molecule has 0 N–H and O–H groups in total. The summed E-state index contributed by atoms with van der Waals surface area (Å²) in [6, 6.07) is 4.01. The molecule has 2 aliphatic heterocycles. The van der Waals surface area contributed by atoms with Crippen LogP contribution in [0, 0.1) is 0 Å². The van der Waals surface area contributed by atoms with Gasteiger partial charge in [0.25, 0.3) is 5.91 Å². The summed E-state index contributed by atoms with van der Waals surface area (Å²) < 4.78 is 37.2. The Kier molecular flexibility index (Phi) is 7.15. The van der Waals surface area contributed by atoms with E-state index in [-0.39, 0.29) is 40.5 Å². The van der Waals surface area contributed by atoms with Crippen LogP contribution in [0.25, 0.3) is 0 Å². The van der Waals surface area contributed by atoms with Crippen molar-refractivity contribution >= 4 is 33.5 Å². The van der Waals surface area contributed by atoms with Gasteiger partial charge in [0.1, 0.15) is 0 Å². The summed E-state index contributed by atoms with van der Waals surface area (Å²) in [5, 5.41) is 0.0646. The van der Waals surface area contributed by atoms with Crippen LogP contribution in [0.2, 0.25) is 5.02 Å². The summed E-state index contributed by atoms with van der Waals surface area (Å²) in [4.78, 5) is 26.5. The average molecular weight is 445 g/mol. The molecule has 160 valence electrons. The maximum atomic E-state index is 12.8. The number of ether oxygens (including phenoxy) is 2. The Hall–Kier alpha value is -1.68. The lowest BCUT2D eigenvalue weighted by atomic mass is 10.0. The van der Waals surface area contributed by atoms with E-state index in [0.717, 1.165) is 19.3 Å². The number of sulfonamides is 1. The van der Waals surface area contributed by atoms with E-state index < -0.39 is 22.6 Å². The van der Waals surface area contributed by atoms with Crippen molar-refractivity contribution in [2.75, 3.05) is 39.5 Å². The van der Waals surface area contributed by atoms with Gasteiger partial charge in [0, 0.05) is 25.7 Å². The van der Waals surface area contributed by atoms with Crippen molar-refractivity contribution in [3.8, 4) is 0 Å². The number of nitrogens with zero attached hydrogens (tertiary/aromatic N) is 2. The highest BCUT2D eigenvalue weighted by atomic mass is 35.5. The van der Waals surface area contributed by atoms with Gasteiger partial charge in [-0.3, -0.25) is 4.79 Å². The summed E-state index contributed by atoms with van der Waals surface area (Å²) in [7, 11) is -3.78. The van der Waals surface area contributed by atoms with Crippen LogP contribution in [0.3, 0.4) is 0 Å². The van der Waals surface area contributed by atoms with Gasteiger partial charge in [0.15, 0.2) is 6.61 Å². The molecular weight excluding hydrogens is 420 g/mol. The number of hydrogen-bond donors (Lipinski definition) is 0. The summed E-state index contributed by atoms with van der Waals surface area (Å²) in [5.41, 5.74) is -0.0829. The van der Waals surface area contributed by atoms with E-state index in [2.05, 4.69) is 0 Å². The zero-order valence-electron chi connectivity index (χ0n) is 16.3. The van der Waals surface area contributed by atoms with Crippen molar-refractivity contribution in [1.82, 2.24) is 9.21 Å². The minimum absolute atomic E-state index is 0.0493. The first kappa shape index (κ1) is 22.0. The Balaban J connectivity index is 1.70. The molecule has 1 aromatic carbocycles. The molecule has 1 atom stereocenters. The molecule has 2 aliphatic rings. The molecule has 2 saturated heterocycles. The highest BCUT2D eigenvalue weighted by Crippen LogP contribution is 2.24. The molecular formula is C19H25ClN2O6S. The van der Waals surface area contributed by atoms with Crippen molar-refractivity contribution in [2.45, 2.75) is 37.1 Å². The summed E-state index contributed by atoms with van der Waals surface area (Å²) in [6.45, 7) is 3.33. The third kappa shape index (κ3) is 5.09. The molecule has 3 rings (SSSR count). The lowest BCUT2D eigenvalue weighted by Crippen LogP contribution is -2.44. The van der Waals surface area contributed by atoms with Gasteiger partial charge < -0.3 is 14.4 Å². The molecule has 10 heteroatoms. The average Bonchev–Trinajstić information content (AvgIpc) is 2.73. The van der Waals surface area contributed by atoms with Gasteiger partial charge in [-0.2, -0.15) is 4.31 Å². The van der Waals surface area contributed by atoms with Crippen LogP contribution in [-0.4, -0.2) is 75.0 Å². The summed E-state index contributed by atoms with van der Waals surface area (Å²) in [6.07, 6.45) is 2.93. The second-order valence-electron chi connectivity index (χ2n) is 7.17. The van der Waals surface area contributed by atoms with Crippen molar-refractivity contribution in [2.24, 2.45) is 0 Å². The maximum Gasteiger partial charge on any atom is 0.340 e. The third-order valence-electron chi connectivity index (χ3n) is 5.22. The first-order valence-corrected chi connectivity index (χ1v) is 11.5. The van der Waals surface area contributed by atoms with E-state index in [9.17, 15) is 18.0 Å². The Morgan fingerprint density at radius 1 is 1.21 bits per heavy atom. The zero-order chi connectivity index (χ0) is 21.0. The minimum Gasteiger partial charge on any atom is -0.452 e. The number of benzene rings is 1. The first-order chi connectivity index (χ1) is 13.8. The Morgan fingerprint density at radius 3 is 2.62 bits per heavy atom. The van der Waals surface area contributed by atoms with Crippen molar-refractivity contribution < 1.29 is 27.5 Å². The van der Waals surface area contributed by atoms with Gasteiger partial charge in [-0.25, -0.2) is 13.2 Å². The van der Waals surface area contributed by atoms with E-state index in [1.807, 2.05) is 6.92 Å². The van der Waals surface area contributed by atoms with Gasteiger partial charge in [0.05, 0.1) is 28.7 Å². The highest BCUT2D eigenvalue weighted by Gasteiger charge is 2.29. The van der Waals surface area contributed by atoms with Gasteiger partial charge in [-0.1, -0.05) is 11.6 Å². The first-order valence-electron chi connectivity index (χ1n) is 9.65. The molecule has 8 nitrogen and oxygen atoms in total. The fraction of sp³-hybridized carbons (Fsp3) is 0.579. The van der Waals surface area contributed by atoms with Crippen LogP contribution < -0.4 is 0 Å². The predicted molar refractivity (Wildman–Crippen MR) is 106 cm³/mol. The topological polar surface area (TPSA) is 93.2 Å². The van der Waals surface area contributed by atoms with Gasteiger partial charge in [-0.05, 0) is 44.4 Å². The van der Waals surface area contributed by atoms with Crippen LogP contribution in [0.4, 0.5) is 0 Å². The number of amides is 1. The van der Waals surface area contributed by atoms with Crippen LogP contribution in [0.1, 0.15) is 36.5 Å². The van der Waals surface area contributed by atoms with Crippen LogP contribution in [-0.2, 0) is 24.3 Å². The molecule has 2 fully saturated rings. The van der Waals surface area contributed by atoms with E-state index in [1.165, 1.54) is 22.5 Å². The molecule has 1 amide bonds. The van der Waals surface area contributed by atoms with E-state index in [0.29, 0.717) is 19.8 Å². The standard InChI is InChI=1S/C19H25ClN2O6S/c1-14-4-2-3-7-22(14)18(23)13-28-19(24)16-12-15(5-6-17(16)20)29(25,26)21-8-10-27-11-9-21/h5-6,12,14H,2-4,7-11,13H2,1H3. The molecule has 0 spiro atoms. The van der Waals surface area contributed by atoms with Gasteiger partial charge in [0.2, 0.25) is 10.0 Å². The maximum absolute atomic E-state index is 12.8. The van der Waals surface area contributed by atoms with Crippen LogP contribution >= 0.6 is 11.6 Å². The summed E-state index contributed by atoms with van der Waals surface area (Å²) >= 11 is 6.09. The number of likely N-dealkylation sites (tertiary alicyclic amines) is 1. The van der Waals surface area contributed by atoms with Gasteiger partial charge >= 0.3 is 5.97 Å². The Bertz CT molecular complexity index is 869. The monoisotopic (exact) mass is 444 g/mol. The van der Waals surface area contributed by atoms with Crippen molar-refractivity contribution in [1.29, 1.82) is 0 Å². The molecule has 29 heavy (non-hydrogen) atoms. The fourth-order valence-electron chi connectivity index (χ4n) is 3.51. The largest absolute Gasteiger partial charge is 0.452 e. The SMILES string of the molecule is CC1CCCCN1C(=O)COC(=O)c1cc(S(=O)(=O)N2CCOCC2)ccc1Cl. The number of rotatable bonds is 5. The molecule has 0 saturated carbocycles. The molecule has 2 heterocycles. The number of hydrogen-bond acceptors (Lipinski definition) is 6. The molecule has 0 radical (unpaired) electrons. The van der Waals surface area contributed by atoms with E-state index >= 15 is 0 Å². The van der Waals surface area contributed by atoms with Crippen LogP contribution in [0.15, 0.2) is 23.1 Å². The highest BCUT2D eigenvalue weighted by molar-refractivity contribution is 7.89. The second kappa shape index (κ2) is 9.42. The predicted octanol–water partition coefficient (Wildman–Crippen LogP) is 1.92. The quantitative estimate of drug-likeness (QED) is 0.644. The Labute approximate surface area is 175 Å². The molecule has 1 unspecified atom stereocenters. The number of carbonyl (C=O) groups excluding carboxylic acids is 2. The number of esters is 1. The Morgan fingerprint density at radius 2 is 1.93 bits per heavy atom. The van der Waals surface area contributed by atoms with Crippen LogP contribution in [0.5, 0.6) is 0 Å². The number of carbonyl (C=O) groups is 2. The van der Waals surface area contributed by atoms with E-state index in [1.54, 1.807) is 4.90 Å². The third-order valence-corrected chi connectivity index (χ3v) is 7.44. The zero-order valence-corrected chi connectivity index (χ0v) is 17.9. The number of halogens is 1. The molecule has 1 aromatic rings. The molecule has 0 aromatic heterocycles. The fourth-order valence-corrected chi connectivity index (χ4v) is 5.14. The lowest BCUT2D eigenvalue weighted by molar-refractivity contribution is -0.137. The molecule has 0 aliphatic carbocycles. The van der Waals surface area contributed by atoms with Gasteiger partial charge in [-0.15, -0.1) is 0 Å². The summed E-state index contributed by atoms with van der Waals surface area (Å²) in [5.74, 6) is -1.09. The number of piperidine rings is 1. The smallest absolute Gasteiger partial charge is 0.340 e. The minimum atomic E-state index is -3.78. The second-order valence-corrected chi connectivity index (χ2v) is 9.51.